The third-order valence-corrected chi connectivity index (χ3v) is 2.96. The molecule has 20 heavy (non-hydrogen) atoms. The van der Waals surface area contributed by atoms with Crippen LogP contribution in [0.2, 0.25) is 0 Å². The van der Waals surface area contributed by atoms with E-state index in [1.807, 2.05) is 30.3 Å². The third-order valence-electron chi connectivity index (χ3n) is 2.96. The Labute approximate surface area is 117 Å². The number of carbonyl (C=O) groups excluding carboxylic acids is 1. The Balaban J connectivity index is 1.83. The van der Waals surface area contributed by atoms with Crippen molar-refractivity contribution in [3.8, 4) is 0 Å². The van der Waals surface area contributed by atoms with Gasteiger partial charge in [0.2, 0.25) is 5.91 Å². The summed E-state index contributed by atoms with van der Waals surface area (Å²) in [6.45, 7) is 2.31. The van der Waals surface area contributed by atoms with Crippen molar-refractivity contribution in [1.29, 1.82) is 0 Å². The van der Waals surface area contributed by atoms with Gasteiger partial charge in [-0.2, -0.15) is 0 Å². The lowest BCUT2D eigenvalue weighted by Crippen LogP contribution is -2.37. The number of para-hydroxylation sites is 1. The maximum Gasteiger partial charge on any atom is 0.241 e. The summed E-state index contributed by atoms with van der Waals surface area (Å²) in [6.07, 6.45) is 0. The topological polar surface area (TPSA) is 41.1 Å². The van der Waals surface area contributed by atoms with Gasteiger partial charge in [-0.1, -0.05) is 30.3 Å². The average Bonchev–Trinajstić information content (AvgIpc) is 2.47. The fraction of sp³-hybridized carbons (Fsp3) is 0.188. The molecule has 0 bridgehead atoms. The van der Waals surface area contributed by atoms with Crippen molar-refractivity contribution in [2.75, 3.05) is 5.32 Å². The molecule has 0 aliphatic rings. The highest BCUT2D eigenvalue weighted by molar-refractivity contribution is 5.94. The number of amides is 1. The van der Waals surface area contributed by atoms with E-state index in [9.17, 15) is 9.18 Å². The van der Waals surface area contributed by atoms with Crippen LogP contribution >= 0.6 is 0 Å². The smallest absolute Gasteiger partial charge is 0.241 e. The monoisotopic (exact) mass is 272 g/mol. The first-order valence-electron chi connectivity index (χ1n) is 6.49. The highest BCUT2D eigenvalue weighted by Crippen LogP contribution is 2.06. The van der Waals surface area contributed by atoms with Gasteiger partial charge in [0.05, 0.1) is 6.04 Å². The van der Waals surface area contributed by atoms with Crippen molar-refractivity contribution < 1.29 is 9.18 Å². The molecular formula is C16H17FN2O. The first-order chi connectivity index (χ1) is 9.65. The van der Waals surface area contributed by atoms with Crippen LogP contribution in [0.15, 0.2) is 54.6 Å². The molecule has 4 heteroatoms. The Hall–Kier alpha value is -2.20. The van der Waals surface area contributed by atoms with Crippen molar-refractivity contribution >= 4 is 11.6 Å². The molecule has 1 unspecified atom stereocenters. The lowest BCUT2D eigenvalue weighted by atomic mass is 10.2. The Morgan fingerprint density at radius 2 is 1.75 bits per heavy atom. The van der Waals surface area contributed by atoms with Crippen LogP contribution in [0.5, 0.6) is 0 Å². The van der Waals surface area contributed by atoms with Crippen molar-refractivity contribution in [2.45, 2.75) is 19.5 Å². The second kappa shape index (κ2) is 6.82. The highest BCUT2D eigenvalue weighted by atomic mass is 19.1. The second-order valence-electron chi connectivity index (χ2n) is 4.58. The van der Waals surface area contributed by atoms with Gasteiger partial charge in [0.1, 0.15) is 5.82 Å². The van der Waals surface area contributed by atoms with Crippen LogP contribution in [0.1, 0.15) is 12.5 Å². The van der Waals surface area contributed by atoms with Gasteiger partial charge in [-0.25, -0.2) is 4.39 Å². The number of benzene rings is 2. The SMILES string of the molecule is CC(NCc1ccc(F)cc1)C(=O)Nc1ccccc1. The van der Waals surface area contributed by atoms with Gasteiger partial charge in [-0.15, -0.1) is 0 Å². The molecule has 0 aromatic heterocycles. The van der Waals surface area contributed by atoms with E-state index < -0.39 is 0 Å². The summed E-state index contributed by atoms with van der Waals surface area (Å²) in [5, 5.41) is 5.93. The second-order valence-corrected chi connectivity index (χ2v) is 4.58. The van der Waals surface area contributed by atoms with Crippen LogP contribution in [0.3, 0.4) is 0 Å². The van der Waals surface area contributed by atoms with Gasteiger partial charge in [0, 0.05) is 12.2 Å². The summed E-state index contributed by atoms with van der Waals surface area (Å²) in [6, 6.07) is 15.2. The maximum atomic E-state index is 12.8. The van der Waals surface area contributed by atoms with E-state index in [1.54, 1.807) is 19.1 Å². The number of anilines is 1. The van der Waals surface area contributed by atoms with E-state index in [1.165, 1.54) is 12.1 Å². The van der Waals surface area contributed by atoms with Gasteiger partial charge in [-0.3, -0.25) is 4.79 Å². The normalized spacial score (nSPS) is 11.9. The van der Waals surface area contributed by atoms with Crippen molar-refractivity contribution in [2.24, 2.45) is 0 Å². The van der Waals surface area contributed by atoms with Crippen LogP contribution in [0.4, 0.5) is 10.1 Å². The van der Waals surface area contributed by atoms with Crippen molar-refractivity contribution in [3.05, 3.63) is 66.0 Å². The lowest BCUT2D eigenvalue weighted by Gasteiger charge is -2.14. The summed E-state index contributed by atoms with van der Waals surface area (Å²) < 4.78 is 12.8. The minimum absolute atomic E-state index is 0.0988. The van der Waals surface area contributed by atoms with E-state index in [4.69, 9.17) is 0 Å². The molecular weight excluding hydrogens is 255 g/mol. The first kappa shape index (κ1) is 14.2. The van der Waals surface area contributed by atoms with E-state index in [0.29, 0.717) is 6.54 Å². The van der Waals surface area contributed by atoms with Crippen molar-refractivity contribution in [1.82, 2.24) is 5.32 Å². The number of carbonyl (C=O) groups is 1. The summed E-state index contributed by atoms with van der Waals surface area (Å²) in [5.74, 6) is -0.359. The number of hydrogen-bond donors (Lipinski definition) is 2. The zero-order chi connectivity index (χ0) is 14.4. The molecule has 2 aromatic rings. The molecule has 104 valence electrons. The molecule has 0 aliphatic heterocycles. The Morgan fingerprint density at radius 1 is 1.10 bits per heavy atom. The molecule has 0 heterocycles. The lowest BCUT2D eigenvalue weighted by molar-refractivity contribution is -0.117. The quantitative estimate of drug-likeness (QED) is 0.878. The fourth-order valence-electron chi connectivity index (χ4n) is 1.74. The van der Waals surface area contributed by atoms with Gasteiger partial charge in [0.15, 0.2) is 0 Å². The van der Waals surface area contributed by atoms with Crippen LogP contribution < -0.4 is 10.6 Å². The minimum atomic E-state index is -0.333. The maximum absolute atomic E-state index is 12.8. The van der Waals surface area contributed by atoms with Gasteiger partial charge in [0.25, 0.3) is 0 Å². The average molecular weight is 272 g/mol. The molecule has 0 saturated carbocycles. The molecule has 2 rings (SSSR count). The zero-order valence-corrected chi connectivity index (χ0v) is 11.3. The van der Waals surface area contributed by atoms with Crippen LogP contribution in [0, 0.1) is 5.82 Å². The highest BCUT2D eigenvalue weighted by Gasteiger charge is 2.11. The summed E-state index contributed by atoms with van der Waals surface area (Å²) in [4.78, 5) is 12.0. The third kappa shape index (κ3) is 4.17. The number of nitrogens with one attached hydrogen (secondary N) is 2. The Morgan fingerprint density at radius 3 is 2.40 bits per heavy atom. The molecule has 1 atom stereocenters. The van der Waals surface area contributed by atoms with Gasteiger partial charge >= 0.3 is 0 Å². The summed E-state index contributed by atoms with van der Waals surface area (Å²) >= 11 is 0. The number of halogens is 1. The van der Waals surface area contributed by atoms with E-state index in [0.717, 1.165) is 11.3 Å². The predicted molar refractivity (Wildman–Crippen MR) is 77.8 cm³/mol. The predicted octanol–water partition coefficient (Wildman–Crippen LogP) is 2.94. The molecule has 2 N–H and O–H groups in total. The van der Waals surface area contributed by atoms with Crippen LogP contribution in [-0.4, -0.2) is 11.9 Å². The molecule has 1 amide bonds. The Kier molecular flexibility index (Phi) is 4.85. The van der Waals surface area contributed by atoms with Crippen molar-refractivity contribution in [3.63, 3.8) is 0 Å². The number of hydrogen-bond acceptors (Lipinski definition) is 2. The van der Waals surface area contributed by atoms with E-state index >= 15 is 0 Å². The van der Waals surface area contributed by atoms with Gasteiger partial charge in [-0.05, 0) is 36.8 Å². The van der Waals surface area contributed by atoms with E-state index in [2.05, 4.69) is 10.6 Å². The Bertz CT molecular complexity index is 554. The molecule has 0 radical (unpaired) electrons. The summed E-state index contributed by atoms with van der Waals surface area (Å²) in [7, 11) is 0. The fourth-order valence-corrected chi connectivity index (χ4v) is 1.74. The summed E-state index contributed by atoms with van der Waals surface area (Å²) in [5.41, 5.74) is 1.71. The molecule has 0 saturated heterocycles. The number of rotatable bonds is 5. The molecule has 3 nitrogen and oxygen atoms in total. The standard InChI is InChI=1S/C16H17FN2O/c1-12(16(20)19-15-5-3-2-4-6-15)18-11-13-7-9-14(17)10-8-13/h2-10,12,18H,11H2,1H3,(H,19,20). The zero-order valence-electron chi connectivity index (χ0n) is 11.3. The van der Waals surface area contributed by atoms with Crippen LogP contribution in [0.25, 0.3) is 0 Å². The van der Waals surface area contributed by atoms with E-state index in [-0.39, 0.29) is 17.8 Å². The minimum Gasteiger partial charge on any atom is -0.325 e. The van der Waals surface area contributed by atoms with Gasteiger partial charge < -0.3 is 10.6 Å². The molecule has 0 fully saturated rings. The molecule has 2 aromatic carbocycles. The largest absolute Gasteiger partial charge is 0.325 e. The molecule has 0 aliphatic carbocycles. The first-order valence-corrected chi connectivity index (χ1v) is 6.49. The van der Waals surface area contributed by atoms with Crippen LogP contribution in [-0.2, 0) is 11.3 Å². The molecule has 0 spiro atoms.